The van der Waals surface area contributed by atoms with Crippen molar-refractivity contribution in [3.8, 4) is 22.6 Å². The molecular formula is C17H14O4. The van der Waals surface area contributed by atoms with Crippen molar-refractivity contribution in [1.82, 2.24) is 0 Å². The van der Waals surface area contributed by atoms with Gasteiger partial charge in [-0.05, 0) is 36.2 Å². The highest BCUT2D eigenvalue weighted by molar-refractivity contribution is 5.86. The molecule has 0 aliphatic rings. The number of aromatic hydroxyl groups is 1. The number of benzene rings is 2. The quantitative estimate of drug-likeness (QED) is 0.781. The second kappa shape index (κ2) is 4.98. The fraction of sp³-hybridized carbons (Fsp3) is 0.118. The molecule has 1 aromatic heterocycles. The molecule has 1 N–H and O–H groups in total. The number of aryl methyl sites for hydroxylation is 1. The maximum absolute atomic E-state index is 12.5. The molecular weight excluding hydrogens is 268 g/mol. The van der Waals surface area contributed by atoms with Crippen LogP contribution in [-0.2, 0) is 0 Å². The first kappa shape index (κ1) is 13.2. The molecule has 0 saturated heterocycles. The van der Waals surface area contributed by atoms with E-state index in [4.69, 9.17) is 9.15 Å². The molecule has 3 rings (SSSR count). The molecule has 106 valence electrons. The van der Waals surface area contributed by atoms with Crippen molar-refractivity contribution in [3.05, 3.63) is 58.4 Å². The first-order valence-corrected chi connectivity index (χ1v) is 6.50. The summed E-state index contributed by atoms with van der Waals surface area (Å²) < 4.78 is 10.6. The van der Waals surface area contributed by atoms with Crippen molar-refractivity contribution >= 4 is 11.0 Å². The topological polar surface area (TPSA) is 59.7 Å². The first-order chi connectivity index (χ1) is 10.1. The van der Waals surface area contributed by atoms with Crippen LogP contribution < -0.4 is 10.2 Å². The van der Waals surface area contributed by atoms with E-state index in [0.29, 0.717) is 16.5 Å². The van der Waals surface area contributed by atoms with Gasteiger partial charge < -0.3 is 14.3 Å². The van der Waals surface area contributed by atoms with Gasteiger partial charge in [0.25, 0.3) is 0 Å². The van der Waals surface area contributed by atoms with E-state index in [-0.39, 0.29) is 16.8 Å². The summed E-state index contributed by atoms with van der Waals surface area (Å²) in [5.41, 5.74) is 1.91. The minimum Gasteiger partial charge on any atom is -0.504 e. The zero-order valence-corrected chi connectivity index (χ0v) is 11.7. The summed E-state index contributed by atoms with van der Waals surface area (Å²) in [4.78, 5) is 12.5. The summed E-state index contributed by atoms with van der Waals surface area (Å²) in [6, 6.07) is 10.5. The predicted molar refractivity (Wildman–Crippen MR) is 80.9 cm³/mol. The zero-order valence-electron chi connectivity index (χ0n) is 11.7. The van der Waals surface area contributed by atoms with E-state index < -0.39 is 0 Å². The maximum Gasteiger partial charge on any atom is 0.200 e. The predicted octanol–water partition coefficient (Wildman–Crippen LogP) is 3.48. The van der Waals surface area contributed by atoms with Gasteiger partial charge in [-0.15, -0.1) is 0 Å². The maximum atomic E-state index is 12.5. The summed E-state index contributed by atoms with van der Waals surface area (Å²) >= 11 is 0. The van der Waals surface area contributed by atoms with Gasteiger partial charge in [-0.25, -0.2) is 0 Å². The number of phenols is 1. The van der Waals surface area contributed by atoms with Gasteiger partial charge in [0.1, 0.15) is 12.0 Å². The molecule has 0 fully saturated rings. The molecule has 3 aromatic rings. The Balaban J connectivity index is 2.22. The summed E-state index contributed by atoms with van der Waals surface area (Å²) in [6.45, 7) is 1.76. The van der Waals surface area contributed by atoms with Crippen molar-refractivity contribution in [1.29, 1.82) is 0 Å². The Bertz CT molecular complexity index is 860. The normalized spacial score (nSPS) is 10.8. The molecule has 0 bridgehead atoms. The van der Waals surface area contributed by atoms with E-state index in [0.717, 1.165) is 11.3 Å². The Kier molecular flexibility index (Phi) is 3.14. The van der Waals surface area contributed by atoms with E-state index in [9.17, 15) is 9.90 Å². The average Bonchev–Trinajstić information content (AvgIpc) is 2.52. The van der Waals surface area contributed by atoms with E-state index >= 15 is 0 Å². The fourth-order valence-electron chi connectivity index (χ4n) is 2.25. The number of rotatable bonds is 2. The minimum atomic E-state index is -0.170. The molecule has 21 heavy (non-hydrogen) atoms. The third-order valence-electron chi connectivity index (χ3n) is 3.52. The van der Waals surface area contributed by atoms with Gasteiger partial charge >= 0.3 is 0 Å². The molecule has 0 saturated carbocycles. The van der Waals surface area contributed by atoms with Crippen molar-refractivity contribution in [2.75, 3.05) is 7.11 Å². The Morgan fingerprint density at radius 2 is 1.81 bits per heavy atom. The van der Waals surface area contributed by atoms with Crippen molar-refractivity contribution < 1.29 is 14.3 Å². The summed E-state index contributed by atoms with van der Waals surface area (Å²) in [5.74, 6) is 0.725. The van der Waals surface area contributed by atoms with E-state index in [1.54, 1.807) is 50.4 Å². The van der Waals surface area contributed by atoms with Crippen LogP contribution in [0.3, 0.4) is 0 Å². The smallest absolute Gasteiger partial charge is 0.200 e. The zero-order chi connectivity index (χ0) is 15.0. The van der Waals surface area contributed by atoms with Gasteiger partial charge in [0.2, 0.25) is 5.43 Å². The Hall–Kier alpha value is -2.75. The lowest BCUT2D eigenvalue weighted by molar-refractivity contribution is 0.415. The molecule has 4 nitrogen and oxygen atoms in total. The van der Waals surface area contributed by atoms with Crippen molar-refractivity contribution in [2.45, 2.75) is 6.92 Å². The van der Waals surface area contributed by atoms with E-state index in [1.165, 1.54) is 6.26 Å². The van der Waals surface area contributed by atoms with Crippen molar-refractivity contribution in [2.24, 2.45) is 0 Å². The van der Waals surface area contributed by atoms with Gasteiger partial charge in [-0.3, -0.25) is 4.79 Å². The van der Waals surface area contributed by atoms with E-state index in [2.05, 4.69) is 0 Å². The molecule has 2 aromatic carbocycles. The highest BCUT2D eigenvalue weighted by atomic mass is 16.5. The molecule has 4 heteroatoms. The molecule has 0 aliphatic carbocycles. The molecule has 0 radical (unpaired) electrons. The van der Waals surface area contributed by atoms with Crippen LogP contribution in [0.1, 0.15) is 5.56 Å². The number of phenolic OH excluding ortho intramolecular Hbond substituents is 1. The third kappa shape index (κ3) is 2.14. The molecule has 0 spiro atoms. The van der Waals surface area contributed by atoms with Gasteiger partial charge in [0.15, 0.2) is 11.3 Å². The first-order valence-electron chi connectivity index (χ1n) is 6.50. The van der Waals surface area contributed by atoms with Crippen LogP contribution in [0.25, 0.3) is 22.1 Å². The van der Waals surface area contributed by atoms with E-state index in [1.807, 2.05) is 0 Å². The second-order valence-electron chi connectivity index (χ2n) is 4.81. The van der Waals surface area contributed by atoms with Gasteiger partial charge in [-0.2, -0.15) is 0 Å². The molecule has 0 unspecified atom stereocenters. The molecule has 0 atom stereocenters. The SMILES string of the molecule is COc1ccc(-c2coc3c(O)c(C)ccc3c2=O)cc1. The van der Waals surface area contributed by atoms with Crippen LogP contribution in [0.5, 0.6) is 11.5 Å². The lowest BCUT2D eigenvalue weighted by Gasteiger charge is -2.06. The van der Waals surface area contributed by atoms with Gasteiger partial charge in [-0.1, -0.05) is 18.2 Å². The highest BCUT2D eigenvalue weighted by Crippen LogP contribution is 2.29. The second-order valence-corrected chi connectivity index (χ2v) is 4.81. The van der Waals surface area contributed by atoms with Crippen LogP contribution in [0.15, 0.2) is 51.9 Å². The van der Waals surface area contributed by atoms with Crippen LogP contribution in [-0.4, -0.2) is 12.2 Å². The Morgan fingerprint density at radius 1 is 1.10 bits per heavy atom. The Morgan fingerprint density at radius 3 is 2.48 bits per heavy atom. The highest BCUT2D eigenvalue weighted by Gasteiger charge is 2.13. The van der Waals surface area contributed by atoms with Crippen LogP contribution in [0.4, 0.5) is 0 Å². The third-order valence-corrected chi connectivity index (χ3v) is 3.52. The summed E-state index contributed by atoms with van der Waals surface area (Å²) in [6.07, 6.45) is 1.38. The van der Waals surface area contributed by atoms with Gasteiger partial charge in [0.05, 0.1) is 18.1 Å². The fourth-order valence-corrected chi connectivity index (χ4v) is 2.25. The summed E-state index contributed by atoms with van der Waals surface area (Å²) in [5, 5.41) is 10.3. The number of methoxy groups -OCH3 is 1. The van der Waals surface area contributed by atoms with Crippen LogP contribution in [0, 0.1) is 6.92 Å². The Labute approximate surface area is 121 Å². The number of hydrogen-bond donors (Lipinski definition) is 1. The monoisotopic (exact) mass is 282 g/mol. The van der Waals surface area contributed by atoms with Crippen LogP contribution in [0.2, 0.25) is 0 Å². The van der Waals surface area contributed by atoms with Crippen molar-refractivity contribution in [3.63, 3.8) is 0 Å². The lowest BCUT2D eigenvalue weighted by atomic mass is 10.0. The average molecular weight is 282 g/mol. The lowest BCUT2D eigenvalue weighted by Crippen LogP contribution is -2.05. The standard InChI is InChI=1S/C17H14O4/c1-10-3-8-13-16(19)14(9-21-17(13)15(10)18)11-4-6-12(20-2)7-5-11/h3-9,18H,1-2H3. The van der Waals surface area contributed by atoms with Gasteiger partial charge in [0, 0.05) is 0 Å². The number of hydrogen-bond acceptors (Lipinski definition) is 4. The molecule has 1 heterocycles. The summed E-state index contributed by atoms with van der Waals surface area (Å²) in [7, 11) is 1.59. The molecule has 0 aliphatic heterocycles. The number of fused-ring (bicyclic) bond motifs is 1. The van der Waals surface area contributed by atoms with Crippen LogP contribution >= 0.6 is 0 Å². The molecule has 0 amide bonds. The minimum absolute atomic E-state index is 0.00545. The largest absolute Gasteiger partial charge is 0.504 e. The number of ether oxygens (including phenoxy) is 1.